The molecule has 0 saturated heterocycles. The van der Waals surface area contributed by atoms with Crippen LogP contribution in [0.5, 0.6) is 0 Å². The number of hydrogen-bond acceptors (Lipinski definition) is 3. The fourth-order valence-electron chi connectivity index (χ4n) is 2.56. The molecule has 1 saturated carbocycles. The quantitative estimate of drug-likeness (QED) is 0.800. The molecule has 0 bridgehead atoms. The van der Waals surface area contributed by atoms with Crippen LogP contribution in [0.1, 0.15) is 28.8 Å². The average Bonchev–Trinajstić information content (AvgIpc) is 3.16. The fraction of sp³-hybridized carbons (Fsp3) is 0.444. The summed E-state index contributed by atoms with van der Waals surface area (Å²) >= 11 is 1.83. The third kappa shape index (κ3) is 4.95. The van der Waals surface area contributed by atoms with E-state index in [-0.39, 0.29) is 0 Å². The van der Waals surface area contributed by atoms with Gasteiger partial charge in [0, 0.05) is 24.0 Å². The molecule has 3 rings (SSSR count). The van der Waals surface area contributed by atoms with Gasteiger partial charge < -0.3 is 5.32 Å². The Morgan fingerprint density at radius 3 is 2.52 bits per heavy atom. The highest BCUT2D eigenvalue weighted by atomic mass is 32.1. The van der Waals surface area contributed by atoms with E-state index in [1.807, 2.05) is 11.3 Å². The maximum absolute atomic E-state index is 3.57. The SMILES string of the molecule is CN(Cc1ccc(CCNC2CC2)cc1)Cc1cccs1. The van der Waals surface area contributed by atoms with Crippen molar-refractivity contribution < 1.29 is 0 Å². The molecule has 1 aliphatic carbocycles. The Balaban J connectivity index is 1.44. The number of benzene rings is 1. The van der Waals surface area contributed by atoms with Crippen LogP contribution in [0.2, 0.25) is 0 Å². The van der Waals surface area contributed by atoms with Gasteiger partial charge >= 0.3 is 0 Å². The second-order valence-electron chi connectivity index (χ2n) is 6.05. The van der Waals surface area contributed by atoms with Gasteiger partial charge in [0.2, 0.25) is 0 Å². The van der Waals surface area contributed by atoms with Gasteiger partial charge in [0.05, 0.1) is 0 Å². The lowest BCUT2D eigenvalue weighted by atomic mass is 10.1. The van der Waals surface area contributed by atoms with E-state index in [0.29, 0.717) is 0 Å². The fourth-order valence-corrected chi connectivity index (χ4v) is 3.34. The minimum Gasteiger partial charge on any atom is -0.314 e. The smallest absolute Gasteiger partial charge is 0.0328 e. The van der Waals surface area contributed by atoms with Crippen LogP contribution in [-0.2, 0) is 19.5 Å². The topological polar surface area (TPSA) is 15.3 Å². The van der Waals surface area contributed by atoms with Crippen LogP contribution in [0.25, 0.3) is 0 Å². The van der Waals surface area contributed by atoms with Crippen LogP contribution in [0.3, 0.4) is 0 Å². The molecule has 0 unspecified atom stereocenters. The first-order valence-electron chi connectivity index (χ1n) is 7.82. The third-order valence-electron chi connectivity index (χ3n) is 3.91. The van der Waals surface area contributed by atoms with Crippen molar-refractivity contribution in [2.45, 2.75) is 38.4 Å². The lowest BCUT2D eigenvalue weighted by molar-refractivity contribution is 0.322. The largest absolute Gasteiger partial charge is 0.314 e. The highest BCUT2D eigenvalue weighted by Gasteiger charge is 2.19. The summed E-state index contributed by atoms with van der Waals surface area (Å²) < 4.78 is 0. The first-order chi connectivity index (χ1) is 10.3. The number of nitrogens with zero attached hydrogens (tertiary/aromatic N) is 1. The standard InChI is InChI=1S/C18H24N2S/c1-20(14-18-3-2-12-21-18)13-16-6-4-15(5-7-16)10-11-19-17-8-9-17/h2-7,12,17,19H,8-11,13-14H2,1H3. The van der Waals surface area contributed by atoms with Gasteiger partial charge in [-0.05, 0) is 55.4 Å². The Labute approximate surface area is 131 Å². The Hall–Kier alpha value is -1.16. The number of thiophene rings is 1. The lowest BCUT2D eigenvalue weighted by Crippen LogP contribution is -2.19. The molecular weight excluding hydrogens is 276 g/mol. The summed E-state index contributed by atoms with van der Waals surface area (Å²) in [5.74, 6) is 0. The molecule has 2 aromatic rings. The van der Waals surface area contributed by atoms with Gasteiger partial charge in [0.1, 0.15) is 0 Å². The Morgan fingerprint density at radius 1 is 1.10 bits per heavy atom. The summed E-state index contributed by atoms with van der Waals surface area (Å²) in [7, 11) is 2.19. The highest BCUT2D eigenvalue weighted by Crippen LogP contribution is 2.18. The predicted octanol–water partition coefficient (Wildman–Crippen LogP) is 3.67. The molecular formula is C18H24N2S. The van der Waals surface area contributed by atoms with Crippen molar-refractivity contribution in [1.82, 2.24) is 10.2 Å². The van der Waals surface area contributed by atoms with E-state index in [2.05, 4.69) is 59.0 Å². The average molecular weight is 300 g/mol. The van der Waals surface area contributed by atoms with E-state index in [1.165, 1.54) is 28.8 Å². The third-order valence-corrected chi connectivity index (χ3v) is 4.77. The van der Waals surface area contributed by atoms with E-state index < -0.39 is 0 Å². The van der Waals surface area contributed by atoms with E-state index in [1.54, 1.807) is 0 Å². The van der Waals surface area contributed by atoms with Gasteiger partial charge in [-0.25, -0.2) is 0 Å². The zero-order valence-corrected chi connectivity index (χ0v) is 13.5. The molecule has 0 atom stereocenters. The minimum absolute atomic E-state index is 0.815. The van der Waals surface area contributed by atoms with E-state index in [0.717, 1.165) is 32.1 Å². The monoisotopic (exact) mass is 300 g/mol. The van der Waals surface area contributed by atoms with Crippen molar-refractivity contribution in [2.24, 2.45) is 0 Å². The summed E-state index contributed by atoms with van der Waals surface area (Å²) in [5, 5.41) is 5.72. The molecule has 21 heavy (non-hydrogen) atoms. The van der Waals surface area contributed by atoms with Crippen LogP contribution in [0.4, 0.5) is 0 Å². The summed E-state index contributed by atoms with van der Waals surface area (Å²) in [4.78, 5) is 3.80. The summed E-state index contributed by atoms with van der Waals surface area (Å²) in [6, 6.07) is 14.3. The molecule has 0 aliphatic heterocycles. The van der Waals surface area contributed by atoms with Crippen molar-refractivity contribution >= 4 is 11.3 Å². The molecule has 0 amide bonds. The zero-order valence-electron chi connectivity index (χ0n) is 12.7. The van der Waals surface area contributed by atoms with Crippen LogP contribution in [0.15, 0.2) is 41.8 Å². The van der Waals surface area contributed by atoms with Crippen molar-refractivity contribution in [2.75, 3.05) is 13.6 Å². The van der Waals surface area contributed by atoms with E-state index in [4.69, 9.17) is 0 Å². The molecule has 1 aliphatic rings. The number of rotatable bonds is 8. The molecule has 1 aromatic heterocycles. The van der Waals surface area contributed by atoms with E-state index in [9.17, 15) is 0 Å². The van der Waals surface area contributed by atoms with Crippen molar-refractivity contribution in [3.63, 3.8) is 0 Å². The summed E-state index contributed by atoms with van der Waals surface area (Å²) in [6.45, 7) is 3.16. The summed E-state index contributed by atoms with van der Waals surface area (Å²) in [6.07, 6.45) is 3.88. The Bertz CT molecular complexity index is 529. The van der Waals surface area contributed by atoms with Gasteiger partial charge in [0.25, 0.3) is 0 Å². The molecule has 3 heteroatoms. The van der Waals surface area contributed by atoms with Gasteiger partial charge in [-0.15, -0.1) is 11.3 Å². The van der Waals surface area contributed by atoms with Gasteiger partial charge in [-0.2, -0.15) is 0 Å². The van der Waals surface area contributed by atoms with Crippen LogP contribution in [0, 0.1) is 0 Å². The number of nitrogens with one attached hydrogen (secondary N) is 1. The normalized spacial score (nSPS) is 14.8. The second-order valence-corrected chi connectivity index (χ2v) is 7.08. The van der Waals surface area contributed by atoms with E-state index >= 15 is 0 Å². The lowest BCUT2D eigenvalue weighted by Gasteiger charge is -2.16. The first-order valence-corrected chi connectivity index (χ1v) is 8.70. The maximum atomic E-state index is 3.57. The van der Waals surface area contributed by atoms with Crippen molar-refractivity contribution in [1.29, 1.82) is 0 Å². The van der Waals surface area contributed by atoms with Crippen LogP contribution >= 0.6 is 11.3 Å². The molecule has 1 fully saturated rings. The van der Waals surface area contributed by atoms with Gasteiger partial charge in [0.15, 0.2) is 0 Å². The highest BCUT2D eigenvalue weighted by molar-refractivity contribution is 7.09. The second kappa shape index (κ2) is 7.21. The van der Waals surface area contributed by atoms with Crippen molar-refractivity contribution in [3.05, 3.63) is 57.8 Å². The zero-order chi connectivity index (χ0) is 14.5. The van der Waals surface area contributed by atoms with Gasteiger partial charge in [-0.3, -0.25) is 4.90 Å². The Morgan fingerprint density at radius 2 is 1.86 bits per heavy atom. The molecule has 1 N–H and O–H groups in total. The summed E-state index contributed by atoms with van der Waals surface area (Å²) in [5.41, 5.74) is 2.83. The molecule has 0 spiro atoms. The molecule has 1 heterocycles. The Kier molecular flexibility index (Phi) is 5.07. The molecule has 2 nitrogen and oxygen atoms in total. The molecule has 112 valence electrons. The number of hydrogen-bond donors (Lipinski definition) is 1. The molecule has 1 aromatic carbocycles. The van der Waals surface area contributed by atoms with Crippen LogP contribution < -0.4 is 5.32 Å². The maximum Gasteiger partial charge on any atom is 0.0328 e. The van der Waals surface area contributed by atoms with Crippen LogP contribution in [-0.4, -0.2) is 24.5 Å². The predicted molar refractivity (Wildman–Crippen MR) is 90.7 cm³/mol. The van der Waals surface area contributed by atoms with Crippen molar-refractivity contribution in [3.8, 4) is 0 Å². The minimum atomic E-state index is 0.815. The molecule has 0 radical (unpaired) electrons. The van der Waals surface area contributed by atoms with Gasteiger partial charge in [-0.1, -0.05) is 30.3 Å². The first kappa shape index (κ1) is 14.8.